The van der Waals surface area contributed by atoms with Crippen molar-refractivity contribution < 1.29 is 9.22 Å². The summed E-state index contributed by atoms with van der Waals surface area (Å²) in [7, 11) is -1.75. The zero-order valence-corrected chi connectivity index (χ0v) is 15.1. The average Bonchev–Trinajstić information content (AvgIpc) is 2.24. The second-order valence-corrected chi connectivity index (χ2v) is 11.8. The molecule has 19 heavy (non-hydrogen) atoms. The van der Waals surface area contributed by atoms with Crippen molar-refractivity contribution in [2.75, 3.05) is 0 Å². The SMILES string of the molecule is C/C=C(\C)C(CCCC(C)=O)O[Si](C)(C)C(C)(C)C. The molecule has 0 N–H and O–H groups in total. The monoisotopic (exact) mass is 284 g/mol. The van der Waals surface area contributed by atoms with Gasteiger partial charge >= 0.3 is 0 Å². The van der Waals surface area contributed by atoms with E-state index < -0.39 is 8.32 Å². The van der Waals surface area contributed by atoms with Gasteiger partial charge in [-0.3, -0.25) is 0 Å². The van der Waals surface area contributed by atoms with E-state index in [4.69, 9.17) is 4.43 Å². The Balaban J connectivity index is 4.74. The molecule has 0 aliphatic carbocycles. The molecule has 0 spiro atoms. The van der Waals surface area contributed by atoms with Crippen molar-refractivity contribution >= 4 is 14.1 Å². The maximum absolute atomic E-state index is 11.1. The first-order chi connectivity index (χ1) is 8.51. The van der Waals surface area contributed by atoms with Crippen LogP contribution in [0.2, 0.25) is 18.1 Å². The van der Waals surface area contributed by atoms with E-state index in [0.717, 1.165) is 12.8 Å². The second kappa shape index (κ2) is 7.39. The summed E-state index contributed by atoms with van der Waals surface area (Å²) in [6, 6.07) is 0. The van der Waals surface area contributed by atoms with Crippen LogP contribution in [0.4, 0.5) is 0 Å². The zero-order valence-electron chi connectivity index (χ0n) is 14.1. The standard InChI is InChI=1S/C16H32O2Si/c1-9-13(2)15(12-10-11-14(3)17)18-19(7,8)16(4,5)6/h9,15H,10-12H2,1-8H3/b13-9+. The Kier molecular flexibility index (Phi) is 7.23. The van der Waals surface area contributed by atoms with Crippen molar-refractivity contribution in [3.05, 3.63) is 11.6 Å². The van der Waals surface area contributed by atoms with Crippen LogP contribution in [0.3, 0.4) is 0 Å². The van der Waals surface area contributed by atoms with Gasteiger partial charge in [0.1, 0.15) is 5.78 Å². The highest BCUT2D eigenvalue weighted by atomic mass is 28.4. The third kappa shape index (κ3) is 6.53. The minimum atomic E-state index is -1.75. The fourth-order valence-electron chi connectivity index (χ4n) is 1.63. The predicted octanol–water partition coefficient (Wildman–Crippen LogP) is 5.10. The average molecular weight is 285 g/mol. The van der Waals surface area contributed by atoms with Crippen LogP contribution < -0.4 is 0 Å². The third-order valence-corrected chi connectivity index (χ3v) is 8.69. The molecule has 0 radical (unpaired) electrons. The largest absolute Gasteiger partial charge is 0.410 e. The molecule has 0 bridgehead atoms. The quantitative estimate of drug-likeness (QED) is 0.480. The first-order valence-corrected chi connectivity index (χ1v) is 10.2. The predicted molar refractivity (Wildman–Crippen MR) is 86.0 cm³/mol. The molecule has 0 aromatic rings. The molecule has 0 saturated heterocycles. The number of Topliss-reactive ketones (excluding diaryl/α,β-unsaturated/α-hetero) is 1. The van der Waals surface area contributed by atoms with E-state index in [1.807, 2.05) is 0 Å². The fraction of sp³-hybridized carbons (Fsp3) is 0.812. The van der Waals surface area contributed by atoms with Crippen LogP contribution in [-0.4, -0.2) is 20.2 Å². The lowest BCUT2D eigenvalue weighted by molar-refractivity contribution is -0.117. The molecule has 0 aliphatic heterocycles. The molecular weight excluding hydrogens is 252 g/mol. The molecule has 0 aromatic carbocycles. The van der Waals surface area contributed by atoms with E-state index in [0.29, 0.717) is 6.42 Å². The Morgan fingerprint density at radius 2 is 1.79 bits per heavy atom. The van der Waals surface area contributed by atoms with Gasteiger partial charge in [-0.2, -0.15) is 0 Å². The molecule has 0 saturated carbocycles. The smallest absolute Gasteiger partial charge is 0.192 e. The van der Waals surface area contributed by atoms with Gasteiger partial charge in [0.25, 0.3) is 0 Å². The molecule has 0 heterocycles. The molecule has 0 fully saturated rings. The van der Waals surface area contributed by atoms with Gasteiger partial charge in [0, 0.05) is 6.42 Å². The zero-order chi connectivity index (χ0) is 15.3. The maximum Gasteiger partial charge on any atom is 0.192 e. The molecule has 0 amide bonds. The van der Waals surface area contributed by atoms with Gasteiger partial charge < -0.3 is 9.22 Å². The number of allylic oxidation sites excluding steroid dienone is 1. The topological polar surface area (TPSA) is 26.3 Å². The molecular formula is C16H32O2Si. The Morgan fingerprint density at radius 1 is 1.26 bits per heavy atom. The highest BCUT2D eigenvalue weighted by Gasteiger charge is 2.39. The van der Waals surface area contributed by atoms with Crippen LogP contribution in [0, 0.1) is 0 Å². The summed E-state index contributed by atoms with van der Waals surface area (Å²) in [5.41, 5.74) is 1.29. The maximum atomic E-state index is 11.1. The number of hydrogen-bond donors (Lipinski definition) is 0. The Morgan fingerprint density at radius 3 is 2.16 bits per heavy atom. The van der Waals surface area contributed by atoms with Gasteiger partial charge in [0.2, 0.25) is 0 Å². The van der Waals surface area contributed by atoms with Gasteiger partial charge in [-0.05, 0) is 51.7 Å². The Labute approximate surface area is 120 Å². The summed E-state index contributed by atoms with van der Waals surface area (Å²) < 4.78 is 6.50. The first-order valence-electron chi connectivity index (χ1n) is 7.31. The lowest BCUT2D eigenvalue weighted by Crippen LogP contribution is -2.44. The van der Waals surface area contributed by atoms with Crippen LogP contribution in [0.1, 0.15) is 60.8 Å². The van der Waals surface area contributed by atoms with Crippen molar-refractivity contribution in [2.24, 2.45) is 0 Å². The normalized spacial score (nSPS) is 15.5. The van der Waals surface area contributed by atoms with Crippen LogP contribution in [0.5, 0.6) is 0 Å². The number of carbonyl (C=O) groups is 1. The van der Waals surface area contributed by atoms with Crippen molar-refractivity contribution in [3.8, 4) is 0 Å². The molecule has 3 heteroatoms. The van der Waals surface area contributed by atoms with Crippen LogP contribution in [0.15, 0.2) is 11.6 Å². The third-order valence-electron chi connectivity index (χ3n) is 4.20. The van der Waals surface area contributed by atoms with Crippen molar-refractivity contribution in [1.29, 1.82) is 0 Å². The van der Waals surface area contributed by atoms with Gasteiger partial charge in [0.05, 0.1) is 6.10 Å². The fourth-order valence-corrected chi connectivity index (χ4v) is 3.00. The van der Waals surface area contributed by atoms with E-state index in [9.17, 15) is 4.79 Å². The summed E-state index contributed by atoms with van der Waals surface area (Å²) in [6.45, 7) is 17.2. The van der Waals surface area contributed by atoms with Crippen LogP contribution >= 0.6 is 0 Å². The molecule has 2 nitrogen and oxygen atoms in total. The number of hydrogen-bond acceptors (Lipinski definition) is 2. The van der Waals surface area contributed by atoms with E-state index in [1.54, 1.807) is 6.92 Å². The summed E-state index contributed by atoms with van der Waals surface area (Å²) in [4.78, 5) is 11.1. The van der Waals surface area contributed by atoms with Crippen molar-refractivity contribution in [3.63, 3.8) is 0 Å². The van der Waals surface area contributed by atoms with Crippen molar-refractivity contribution in [1.82, 2.24) is 0 Å². The van der Waals surface area contributed by atoms with Gasteiger partial charge in [-0.25, -0.2) is 0 Å². The Hall–Kier alpha value is -0.413. The number of rotatable bonds is 7. The summed E-state index contributed by atoms with van der Waals surface area (Å²) in [5.74, 6) is 0.268. The van der Waals surface area contributed by atoms with Crippen LogP contribution in [0.25, 0.3) is 0 Å². The minimum absolute atomic E-state index is 0.172. The van der Waals surface area contributed by atoms with Gasteiger partial charge in [-0.1, -0.05) is 32.4 Å². The number of carbonyl (C=O) groups excluding carboxylic acids is 1. The van der Waals surface area contributed by atoms with E-state index >= 15 is 0 Å². The minimum Gasteiger partial charge on any atom is -0.410 e. The second-order valence-electron chi connectivity index (χ2n) is 6.99. The van der Waals surface area contributed by atoms with E-state index in [1.165, 1.54) is 5.57 Å². The highest BCUT2D eigenvalue weighted by Crippen LogP contribution is 2.38. The lowest BCUT2D eigenvalue weighted by atomic mass is 10.0. The summed E-state index contributed by atoms with van der Waals surface area (Å²) in [6.07, 6.45) is 4.83. The molecule has 0 aromatic heterocycles. The first kappa shape index (κ1) is 18.6. The number of ketones is 1. The molecule has 1 atom stereocenters. The molecule has 112 valence electrons. The van der Waals surface area contributed by atoms with Crippen molar-refractivity contribution in [2.45, 2.75) is 85.0 Å². The van der Waals surface area contributed by atoms with E-state index in [-0.39, 0.29) is 16.9 Å². The molecule has 0 rings (SSSR count). The van der Waals surface area contributed by atoms with E-state index in [2.05, 4.69) is 53.8 Å². The lowest BCUT2D eigenvalue weighted by Gasteiger charge is -2.39. The molecule has 1 unspecified atom stereocenters. The summed E-state index contributed by atoms with van der Waals surface area (Å²) >= 11 is 0. The van der Waals surface area contributed by atoms with Crippen LogP contribution in [-0.2, 0) is 9.22 Å². The highest BCUT2D eigenvalue weighted by molar-refractivity contribution is 6.74. The summed E-state index contributed by atoms with van der Waals surface area (Å²) in [5, 5.41) is 0.222. The van der Waals surface area contributed by atoms with Gasteiger partial charge in [-0.15, -0.1) is 0 Å². The Bertz CT molecular complexity index is 324. The molecule has 0 aliphatic rings. The van der Waals surface area contributed by atoms with Gasteiger partial charge in [0.15, 0.2) is 8.32 Å².